The topological polar surface area (TPSA) is 54.4 Å². The van der Waals surface area contributed by atoms with E-state index in [4.69, 9.17) is 4.55 Å². The van der Waals surface area contributed by atoms with Crippen molar-refractivity contribution < 1.29 is 13.0 Å². The fourth-order valence-corrected chi connectivity index (χ4v) is 1.45. The highest BCUT2D eigenvalue weighted by Gasteiger charge is 2.22. The summed E-state index contributed by atoms with van der Waals surface area (Å²) >= 11 is 0. The first-order chi connectivity index (χ1) is 4.89. The first kappa shape index (κ1) is 10.7. The minimum atomic E-state index is -3.87. The standard InChI is InChI=1S/C7H14O3S/c1-4-5-6(2)7(3)11(8,9)10/h4,6-7H,1,5H2,2-3H3,(H,8,9,10). The Morgan fingerprint density at radius 1 is 1.55 bits per heavy atom. The highest BCUT2D eigenvalue weighted by molar-refractivity contribution is 7.86. The third kappa shape index (κ3) is 3.53. The van der Waals surface area contributed by atoms with Gasteiger partial charge in [-0.25, -0.2) is 0 Å². The van der Waals surface area contributed by atoms with Crippen LogP contribution in [0.2, 0.25) is 0 Å². The van der Waals surface area contributed by atoms with Crippen molar-refractivity contribution in [3.63, 3.8) is 0 Å². The molecule has 0 bridgehead atoms. The number of rotatable bonds is 4. The molecule has 0 amide bonds. The van der Waals surface area contributed by atoms with Gasteiger partial charge >= 0.3 is 0 Å². The lowest BCUT2D eigenvalue weighted by Crippen LogP contribution is -2.23. The Labute approximate surface area is 67.9 Å². The van der Waals surface area contributed by atoms with Crippen molar-refractivity contribution in [3.05, 3.63) is 12.7 Å². The first-order valence-electron chi connectivity index (χ1n) is 3.46. The van der Waals surface area contributed by atoms with Crippen LogP contribution in [-0.2, 0) is 10.1 Å². The van der Waals surface area contributed by atoms with Crippen LogP contribution in [0.15, 0.2) is 12.7 Å². The molecule has 2 unspecified atom stereocenters. The molecule has 1 N–H and O–H groups in total. The monoisotopic (exact) mass is 178 g/mol. The summed E-state index contributed by atoms with van der Waals surface area (Å²) in [6.45, 7) is 6.74. The molecular weight excluding hydrogens is 164 g/mol. The number of hydrogen-bond acceptors (Lipinski definition) is 2. The van der Waals surface area contributed by atoms with Crippen LogP contribution >= 0.6 is 0 Å². The second kappa shape index (κ2) is 3.88. The van der Waals surface area contributed by atoms with Crippen LogP contribution in [0.4, 0.5) is 0 Å². The molecule has 0 saturated carbocycles. The second-order valence-electron chi connectivity index (χ2n) is 2.72. The highest BCUT2D eigenvalue weighted by Crippen LogP contribution is 2.14. The zero-order chi connectivity index (χ0) is 9.07. The quantitative estimate of drug-likeness (QED) is 0.524. The van der Waals surface area contributed by atoms with E-state index in [-0.39, 0.29) is 5.92 Å². The zero-order valence-electron chi connectivity index (χ0n) is 6.82. The minimum absolute atomic E-state index is 0.0810. The van der Waals surface area contributed by atoms with E-state index in [1.165, 1.54) is 6.92 Å². The van der Waals surface area contributed by atoms with Gasteiger partial charge in [-0.05, 0) is 19.3 Å². The molecule has 2 atom stereocenters. The van der Waals surface area contributed by atoms with E-state index >= 15 is 0 Å². The van der Waals surface area contributed by atoms with Gasteiger partial charge in [0.15, 0.2) is 0 Å². The Bertz CT molecular complexity index is 218. The zero-order valence-corrected chi connectivity index (χ0v) is 7.63. The Kier molecular flexibility index (Phi) is 3.75. The fraction of sp³-hybridized carbons (Fsp3) is 0.714. The van der Waals surface area contributed by atoms with E-state index in [0.717, 1.165) is 0 Å². The van der Waals surface area contributed by atoms with Gasteiger partial charge in [-0.1, -0.05) is 13.0 Å². The predicted octanol–water partition coefficient (Wildman–Crippen LogP) is 1.47. The molecule has 0 aliphatic carbocycles. The van der Waals surface area contributed by atoms with E-state index in [1.54, 1.807) is 13.0 Å². The summed E-state index contributed by atoms with van der Waals surface area (Å²) in [4.78, 5) is 0. The fourth-order valence-electron chi connectivity index (χ4n) is 0.748. The Balaban J connectivity index is 4.25. The van der Waals surface area contributed by atoms with Gasteiger partial charge in [0.05, 0.1) is 5.25 Å². The Hall–Kier alpha value is -0.350. The minimum Gasteiger partial charge on any atom is -0.285 e. The molecule has 0 aromatic rings. The lowest BCUT2D eigenvalue weighted by Gasteiger charge is -2.14. The molecule has 4 heteroatoms. The van der Waals surface area contributed by atoms with Gasteiger partial charge in [-0.15, -0.1) is 6.58 Å². The van der Waals surface area contributed by atoms with Crippen molar-refractivity contribution in [2.75, 3.05) is 0 Å². The van der Waals surface area contributed by atoms with Crippen molar-refractivity contribution in [2.45, 2.75) is 25.5 Å². The molecule has 0 heterocycles. The molecule has 66 valence electrons. The van der Waals surface area contributed by atoms with Gasteiger partial charge in [-0.3, -0.25) is 4.55 Å². The van der Waals surface area contributed by atoms with Crippen LogP contribution in [-0.4, -0.2) is 18.2 Å². The van der Waals surface area contributed by atoms with Crippen LogP contribution in [0, 0.1) is 5.92 Å². The normalized spacial score (nSPS) is 17.4. The molecule has 0 aromatic heterocycles. The van der Waals surface area contributed by atoms with E-state index in [1.807, 2.05) is 0 Å². The van der Waals surface area contributed by atoms with Crippen LogP contribution < -0.4 is 0 Å². The summed E-state index contributed by atoms with van der Waals surface area (Å²) < 4.78 is 29.8. The van der Waals surface area contributed by atoms with Gasteiger partial charge < -0.3 is 0 Å². The molecule has 11 heavy (non-hydrogen) atoms. The molecule has 3 nitrogen and oxygen atoms in total. The van der Waals surface area contributed by atoms with E-state index in [9.17, 15) is 8.42 Å². The smallest absolute Gasteiger partial charge is 0.267 e. The summed E-state index contributed by atoms with van der Waals surface area (Å²) in [5.41, 5.74) is 0. The summed E-state index contributed by atoms with van der Waals surface area (Å²) in [7, 11) is -3.87. The third-order valence-corrected chi connectivity index (χ3v) is 3.21. The van der Waals surface area contributed by atoms with Gasteiger partial charge in [0.2, 0.25) is 0 Å². The molecule has 0 spiro atoms. The van der Waals surface area contributed by atoms with Crippen LogP contribution in [0.5, 0.6) is 0 Å². The summed E-state index contributed by atoms with van der Waals surface area (Å²) in [5, 5.41) is -0.708. The average Bonchev–Trinajstić information content (AvgIpc) is 1.85. The highest BCUT2D eigenvalue weighted by atomic mass is 32.2. The molecule has 0 fully saturated rings. The van der Waals surface area contributed by atoms with Crippen LogP contribution in [0.1, 0.15) is 20.3 Å². The van der Waals surface area contributed by atoms with Crippen molar-refractivity contribution >= 4 is 10.1 Å². The molecular formula is C7H14O3S. The molecule has 0 aromatic carbocycles. The van der Waals surface area contributed by atoms with Crippen LogP contribution in [0.3, 0.4) is 0 Å². The molecule has 0 aliphatic rings. The van der Waals surface area contributed by atoms with Gasteiger partial charge in [0, 0.05) is 0 Å². The van der Waals surface area contributed by atoms with Gasteiger partial charge in [0.1, 0.15) is 0 Å². The Morgan fingerprint density at radius 3 is 2.27 bits per heavy atom. The molecule has 0 radical (unpaired) electrons. The van der Waals surface area contributed by atoms with Gasteiger partial charge in [0.25, 0.3) is 10.1 Å². The maximum absolute atomic E-state index is 10.6. The van der Waals surface area contributed by atoms with Crippen LogP contribution in [0.25, 0.3) is 0 Å². The summed E-state index contributed by atoms with van der Waals surface area (Å²) in [6, 6.07) is 0. The van der Waals surface area contributed by atoms with Crippen molar-refractivity contribution in [2.24, 2.45) is 5.92 Å². The Morgan fingerprint density at radius 2 is 2.00 bits per heavy atom. The maximum Gasteiger partial charge on any atom is 0.267 e. The van der Waals surface area contributed by atoms with Crippen molar-refractivity contribution in [1.82, 2.24) is 0 Å². The number of allylic oxidation sites excluding steroid dienone is 1. The predicted molar refractivity (Wildman–Crippen MR) is 45.0 cm³/mol. The van der Waals surface area contributed by atoms with Crippen molar-refractivity contribution in [1.29, 1.82) is 0 Å². The van der Waals surface area contributed by atoms with Crippen molar-refractivity contribution in [3.8, 4) is 0 Å². The van der Waals surface area contributed by atoms with E-state index in [0.29, 0.717) is 6.42 Å². The summed E-state index contributed by atoms with van der Waals surface area (Å²) in [5.74, 6) is -0.0810. The maximum atomic E-state index is 10.6. The number of hydrogen-bond donors (Lipinski definition) is 1. The summed E-state index contributed by atoms with van der Waals surface area (Å²) in [6.07, 6.45) is 2.24. The third-order valence-electron chi connectivity index (χ3n) is 1.81. The molecule has 0 saturated heterocycles. The first-order valence-corrected chi connectivity index (χ1v) is 4.97. The lowest BCUT2D eigenvalue weighted by molar-refractivity contribution is 0.441. The van der Waals surface area contributed by atoms with E-state index < -0.39 is 15.4 Å². The largest absolute Gasteiger partial charge is 0.285 e. The lowest BCUT2D eigenvalue weighted by atomic mass is 10.1. The molecule has 0 rings (SSSR count). The molecule has 0 aliphatic heterocycles. The second-order valence-corrected chi connectivity index (χ2v) is 4.50. The van der Waals surface area contributed by atoms with Gasteiger partial charge in [-0.2, -0.15) is 8.42 Å². The average molecular weight is 178 g/mol. The van der Waals surface area contributed by atoms with E-state index in [2.05, 4.69) is 6.58 Å². The SMILES string of the molecule is C=CCC(C)C(C)S(=O)(=O)O.